The Balaban J connectivity index is 1.40. The van der Waals surface area contributed by atoms with Gasteiger partial charge in [-0.05, 0) is 53.6 Å². The minimum absolute atomic E-state index is 0.155. The van der Waals surface area contributed by atoms with Crippen molar-refractivity contribution in [2.75, 3.05) is 17.7 Å². The van der Waals surface area contributed by atoms with Gasteiger partial charge in [0, 0.05) is 53.9 Å². The first-order chi connectivity index (χ1) is 18.9. The van der Waals surface area contributed by atoms with E-state index in [-0.39, 0.29) is 30.7 Å². The van der Waals surface area contributed by atoms with E-state index >= 15 is 0 Å². The number of carbonyl (C=O) groups is 3. The summed E-state index contributed by atoms with van der Waals surface area (Å²) in [5.41, 5.74) is 3.28. The quantitative estimate of drug-likeness (QED) is 0.353. The lowest BCUT2D eigenvalue weighted by Gasteiger charge is -2.29. The largest absolute Gasteiger partial charge is 0.481 e. The van der Waals surface area contributed by atoms with Gasteiger partial charge in [0.25, 0.3) is 11.8 Å². The lowest BCUT2D eigenvalue weighted by atomic mass is 10.0. The molecule has 3 amide bonds. The van der Waals surface area contributed by atoms with Gasteiger partial charge in [-0.15, -0.1) is 0 Å². The Labute approximate surface area is 229 Å². The van der Waals surface area contributed by atoms with Crippen molar-refractivity contribution in [1.82, 2.24) is 14.9 Å². The number of carbonyl (C=O) groups excluding carboxylic acids is 3. The predicted octanol–water partition coefficient (Wildman–Crippen LogP) is 4.60. The Hall–Kier alpha value is -4.76. The van der Waals surface area contributed by atoms with Crippen molar-refractivity contribution in [3.8, 4) is 5.88 Å². The van der Waals surface area contributed by atoms with Crippen molar-refractivity contribution in [3.63, 3.8) is 0 Å². The Morgan fingerprint density at radius 1 is 1.05 bits per heavy atom. The van der Waals surface area contributed by atoms with E-state index in [0.29, 0.717) is 33.4 Å². The number of hydrogen-bond acceptors (Lipinski definition) is 6. The number of fused-ring (bicyclic) bond motifs is 1. The maximum atomic E-state index is 13.7. The van der Waals surface area contributed by atoms with E-state index in [1.165, 1.54) is 7.11 Å². The summed E-state index contributed by atoms with van der Waals surface area (Å²) in [6.45, 7) is 0.155. The van der Waals surface area contributed by atoms with Gasteiger partial charge in [0.2, 0.25) is 11.8 Å². The van der Waals surface area contributed by atoms with Gasteiger partial charge in [-0.3, -0.25) is 19.4 Å². The highest BCUT2D eigenvalue weighted by Crippen LogP contribution is 2.29. The Bertz CT molecular complexity index is 1530. The van der Waals surface area contributed by atoms with Crippen LogP contribution < -0.4 is 15.4 Å². The summed E-state index contributed by atoms with van der Waals surface area (Å²) in [5.74, 6) is -0.543. The van der Waals surface area contributed by atoms with Crippen LogP contribution in [0.3, 0.4) is 0 Å². The fourth-order valence-electron chi connectivity index (χ4n) is 4.35. The third-order valence-corrected chi connectivity index (χ3v) is 6.57. The summed E-state index contributed by atoms with van der Waals surface area (Å²) >= 11 is 6.14. The van der Waals surface area contributed by atoms with Gasteiger partial charge in [0.1, 0.15) is 6.04 Å². The second-order valence-electron chi connectivity index (χ2n) is 8.93. The van der Waals surface area contributed by atoms with E-state index in [1.807, 2.05) is 6.07 Å². The molecule has 1 aliphatic rings. The van der Waals surface area contributed by atoms with Crippen LogP contribution in [-0.2, 0) is 17.8 Å². The molecule has 0 bridgehead atoms. The minimum atomic E-state index is -0.794. The molecule has 0 spiro atoms. The van der Waals surface area contributed by atoms with Gasteiger partial charge < -0.3 is 20.3 Å². The van der Waals surface area contributed by atoms with Crippen LogP contribution in [-0.4, -0.2) is 45.7 Å². The van der Waals surface area contributed by atoms with Crippen LogP contribution in [0.25, 0.3) is 0 Å². The number of benzene rings is 2. The van der Waals surface area contributed by atoms with E-state index in [2.05, 4.69) is 20.6 Å². The highest BCUT2D eigenvalue weighted by atomic mass is 35.5. The maximum Gasteiger partial charge on any atom is 0.256 e. The first-order valence-corrected chi connectivity index (χ1v) is 12.5. The van der Waals surface area contributed by atoms with Crippen LogP contribution in [0.5, 0.6) is 5.88 Å². The molecule has 39 heavy (non-hydrogen) atoms. The summed E-state index contributed by atoms with van der Waals surface area (Å²) in [6.07, 6.45) is 5.15. The number of nitrogens with one attached hydrogen (secondary N) is 2. The first kappa shape index (κ1) is 25.9. The van der Waals surface area contributed by atoms with Crippen molar-refractivity contribution in [3.05, 3.63) is 113 Å². The summed E-state index contributed by atoms with van der Waals surface area (Å²) in [6, 6.07) is 17.8. The van der Waals surface area contributed by atoms with E-state index in [9.17, 15) is 14.4 Å². The van der Waals surface area contributed by atoms with Gasteiger partial charge in [-0.1, -0.05) is 29.8 Å². The van der Waals surface area contributed by atoms with Crippen LogP contribution in [0.1, 0.15) is 31.8 Å². The Kier molecular flexibility index (Phi) is 7.51. The van der Waals surface area contributed by atoms with Crippen molar-refractivity contribution < 1.29 is 19.1 Å². The molecule has 1 atom stereocenters. The SMILES string of the molecule is COc1cc(NC(=O)c2ccc(CN3C(=O)c4ccc(Cl)cc4NC(=O)[C@H]3Cc3cccnc3)cc2)ccn1. The van der Waals surface area contributed by atoms with Crippen LogP contribution in [0.2, 0.25) is 5.02 Å². The molecule has 1 aliphatic heterocycles. The van der Waals surface area contributed by atoms with Gasteiger partial charge in [-0.25, -0.2) is 4.98 Å². The number of halogens is 1. The molecule has 10 heteroatoms. The van der Waals surface area contributed by atoms with Crippen molar-refractivity contribution in [1.29, 1.82) is 0 Å². The number of nitrogens with zero attached hydrogens (tertiary/aromatic N) is 3. The smallest absolute Gasteiger partial charge is 0.256 e. The Morgan fingerprint density at radius 2 is 1.87 bits per heavy atom. The molecule has 0 radical (unpaired) electrons. The number of ether oxygens (including phenoxy) is 1. The van der Waals surface area contributed by atoms with E-state index in [0.717, 1.165) is 11.1 Å². The molecule has 3 heterocycles. The first-order valence-electron chi connectivity index (χ1n) is 12.1. The molecule has 2 aromatic carbocycles. The van der Waals surface area contributed by atoms with Crippen LogP contribution >= 0.6 is 11.6 Å². The molecule has 196 valence electrons. The molecule has 0 unspecified atom stereocenters. The molecule has 2 N–H and O–H groups in total. The fraction of sp³-hybridized carbons (Fsp3) is 0.138. The highest BCUT2D eigenvalue weighted by Gasteiger charge is 2.35. The normalized spacial score (nSPS) is 14.7. The molecule has 0 aliphatic carbocycles. The zero-order chi connectivity index (χ0) is 27.4. The van der Waals surface area contributed by atoms with Crippen LogP contribution in [0, 0.1) is 0 Å². The average Bonchev–Trinajstić information content (AvgIpc) is 3.03. The van der Waals surface area contributed by atoms with Crippen LogP contribution in [0.4, 0.5) is 11.4 Å². The number of hydrogen-bond donors (Lipinski definition) is 2. The zero-order valence-electron chi connectivity index (χ0n) is 20.9. The number of amides is 3. The number of methoxy groups -OCH3 is 1. The zero-order valence-corrected chi connectivity index (χ0v) is 21.7. The lowest BCUT2D eigenvalue weighted by molar-refractivity contribution is -0.120. The molecular weight excluding hydrogens is 518 g/mol. The highest BCUT2D eigenvalue weighted by molar-refractivity contribution is 6.31. The maximum absolute atomic E-state index is 13.7. The standard InChI is InChI=1S/C29H24ClN5O4/c1-39-26-15-22(10-12-32-26)33-27(36)20-6-4-18(5-7-20)17-35-25(13-19-3-2-11-31-16-19)28(37)34-24-14-21(30)8-9-23(24)29(35)38/h2-12,14-16,25H,13,17H2,1H3,(H,34,37)(H,32,33,36)/t25-/m1/s1. The molecule has 0 saturated carbocycles. The molecule has 9 nitrogen and oxygen atoms in total. The summed E-state index contributed by atoms with van der Waals surface area (Å²) < 4.78 is 5.10. The third-order valence-electron chi connectivity index (χ3n) is 6.33. The number of rotatable bonds is 7. The second-order valence-corrected chi connectivity index (χ2v) is 9.37. The molecule has 0 fully saturated rings. The minimum Gasteiger partial charge on any atom is -0.481 e. The molecular formula is C29H24ClN5O4. The monoisotopic (exact) mass is 541 g/mol. The van der Waals surface area contributed by atoms with Crippen molar-refractivity contribution in [2.45, 2.75) is 19.0 Å². The third kappa shape index (κ3) is 5.89. The molecule has 2 aromatic heterocycles. The molecule has 4 aromatic rings. The van der Waals surface area contributed by atoms with E-state index in [1.54, 1.807) is 84.2 Å². The Morgan fingerprint density at radius 3 is 2.62 bits per heavy atom. The summed E-state index contributed by atoms with van der Waals surface area (Å²) in [7, 11) is 1.50. The van der Waals surface area contributed by atoms with Gasteiger partial charge in [0.05, 0.1) is 18.4 Å². The second kappa shape index (κ2) is 11.3. The van der Waals surface area contributed by atoms with Crippen molar-refractivity contribution in [2.24, 2.45) is 0 Å². The van der Waals surface area contributed by atoms with Gasteiger partial charge >= 0.3 is 0 Å². The number of anilines is 2. The molecule has 5 rings (SSSR count). The van der Waals surface area contributed by atoms with E-state index in [4.69, 9.17) is 16.3 Å². The number of pyridine rings is 2. The van der Waals surface area contributed by atoms with E-state index < -0.39 is 6.04 Å². The van der Waals surface area contributed by atoms with Gasteiger partial charge in [0.15, 0.2) is 0 Å². The fourth-order valence-corrected chi connectivity index (χ4v) is 4.52. The van der Waals surface area contributed by atoms with Crippen molar-refractivity contribution >= 4 is 40.7 Å². The summed E-state index contributed by atoms with van der Waals surface area (Å²) in [5, 5.41) is 6.09. The topological polar surface area (TPSA) is 114 Å². The lowest BCUT2D eigenvalue weighted by Crippen LogP contribution is -2.46. The molecule has 0 saturated heterocycles. The van der Waals surface area contributed by atoms with Gasteiger partial charge in [-0.2, -0.15) is 0 Å². The predicted molar refractivity (Wildman–Crippen MR) is 147 cm³/mol. The average molecular weight is 542 g/mol. The summed E-state index contributed by atoms with van der Waals surface area (Å²) in [4.78, 5) is 49.6. The van der Waals surface area contributed by atoms with Crippen LogP contribution in [0.15, 0.2) is 85.3 Å². The number of aromatic nitrogens is 2.